The lowest BCUT2D eigenvalue weighted by Gasteiger charge is -2.28. The van der Waals surface area contributed by atoms with Gasteiger partial charge >= 0.3 is 5.69 Å². The molecule has 112 valence electrons. The number of hydrogen-bond donors (Lipinski definition) is 2. The summed E-state index contributed by atoms with van der Waals surface area (Å²) in [5.74, 6) is -1.24. The molecule has 1 aromatic carbocycles. The number of aliphatic hydroxyl groups is 1. The number of benzene rings is 1. The molecule has 7 nitrogen and oxygen atoms in total. The van der Waals surface area contributed by atoms with E-state index < -0.39 is 43.0 Å². The molecular weight excluding hydrogens is 291 g/mol. The molecule has 9 heteroatoms. The van der Waals surface area contributed by atoms with E-state index in [1.54, 1.807) is 0 Å². The second-order valence-electron chi connectivity index (χ2n) is 4.87. The van der Waals surface area contributed by atoms with Gasteiger partial charge in [0.1, 0.15) is 0 Å². The largest absolute Gasteiger partial charge is 0.391 e. The average molecular weight is 306 g/mol. The summed E-state index contributed by atoms with van der Waals surface area (Å²) < 4.78 is 39.7. The Hall–Kier alpha value is -1.58. The second-order valence-corrected chi connectivity index (χ2v) is 6.56. The van der Waals surface area contributed by atoms with Gasteiger partial charge in [-0.3, -0.25) is 10.1 Å². The highest BCUT2D eigenvalue weighted by Gasteiger charge is 2.31. The van der Waals surface area contributed by atoms with Crippen molar-refractivity contribution in [3.8, 4) is 0 Å². The van der Waals surface area contributed by atoms with Gasteiger partial charge in [-0.15, -0.1) is 0 Å². The Morgan fingerprint density at radius 3 is 2.40 bits per heavy atom. The number of nitrogens with zero attached hydrogens (tertiary/aromatic N) is 1. The molecule has 0 fully saturated rings. The van der Waals surface area contributed by atoms with Gasteiger partial charge in [0, 0.05) is 12.1 Å². The van der Waals surface area contributed by atoms with E-state index in [0.717, 1.165) is 12.1 Å². The van der Waals surface area contributed by atoms with Crippen LogP contribution in [0.25, 0.3) is 0 Å². The van der Waals surface area contributed by atoms with Crippen LogP contribution in [0.3, 0.4) is 0 Å². The van der Waals surface area contributed by atoms with Gasteiger partial charge in [-0.05, 0) is 26.8 Å². The minimum atomic E-state index is -4.10. The zero-order valence-electron chi connectivity index (χ0n) is 11.1. The van der Waals surface area contributed by atoms with Crippen LogP contribution in [0.1, 0.15) is 20.8 Å². The summed E-state index contributed by atoms with van der Waals surface area (Å²) in [4.78, 5) is 9.07. The standard InChI is InChI=1S/C11H15FN2O5S/c1-7(15)11(2,3)13-20(18,19)8-4-5-10(14(16)17)9(12)6-8/h4-7,13,15H,1-3H3. The Kier molecular flexibility index (Phi) is 4.47. The van der Waals surface area contributed by atoms with Crippen LogP contribution in [0.15, 0.2) is 23.1 Å². The molecule has 0 amide bonds. The van der Waals surface area contributed by atoms with Crippen molar-refractivity contribution in [1.82, 2.24) is 4.72 Å². The van der Waals surface area contributed by atoms with Crippen LogP contribution in [0.2, 0.25) is 0 Å². The van der Waals surface area contributed by atoms with Gasteiger partial charge < -0.3 is 5.11 Å². The van der Waals surface area contributed by atoms with Gasteiger partial charge in [0.15, 0.2) is 0 Å². The zero-order chi connectivity index (χ0) is 15.7. The van der Waals surface area contributed by atoms with Gasteiger partial charge in [-0.1, -0.05) is 0 Å². The molecule has 0 aliphatic carbocycles. The van der Waals surface area contributed by atoms with E-state index in [1.807, 2.05) is 0 Å². The molecule has 20 heavy (non-hydrogen) atoms. The first-order valence-corrected chi connectivity index (χ1v) is 7.11. The lowest BCUT2D eigenvalue weighted by molar-refractivity contribution is -0.387. The van der Waals surface area contributed by atoms with Crippen LogP contribution in [-0.2, 0) is 10.0 Å². The molecule has 0 heterocycles. The van der Waals surface area contributed by atoms with Gasteiger partial charge in [0.25, 0.3) is 0 Å². The summed E-state index contributed by atoms with van der Waals surface area (Å²) in [7, 11) is -4.10. The van der Waals surface area contributed by atoms with Gasteiger partial charge in [0.05, 0.1) is 21.5 Å². The molecular formula is C11H15FN2O5S. The predicted octanol–water partition coefficient (Wildman–Crippen LogP) is 1.17. The maximum Gasteiger partial charge on any atom is 0.304 e. The fourth-order valence-corrected chi connectivity index (χ4v) is 2.78. The molecule has 0 bridgehead atoms. The SMILES string of the molecule is CC(O)C(C)(C)NS(=O)(=O)c1ccc([N+](=O)[O-])c(F)c1. The number of aliphatic hydroxyl groups excluding tert-OH is 1. The van der Waals surface area contributed by atoms with Gasteiger partial charge in [-0.2, -0.15) is 4.39 Å². The summed E-state index contributed by atoms with van der Waals surface area (Å²) in [6.07, 6.45) is -0.986. The molecule has 2 N–H and O–H groups in total. The number of nitro groups is 1. The van der Waals surface area contributed by atoms with E-state index in [9.17, 15) is 28.0 Å². The van der Waals surface area contributed by atoms with Crippen LogP contribution < -0.4 is 4.72 Å². The highest BCUT2D eigenvalue weighted by atomic mass is 32.2. The first kappa shape index (κ1) is 16.5. The summed E-state index contributed by atoms with van der Waals surface area (Å²) in [6, 6.07) is 2.28. The van der Waals surface area contributed by atoms with Crippen molar-refractivity contribution < 1.29 is 22.8 Å². The Bertz CT molecular complexity index is 628. The minimum Gasteiger partial charge on any atom is -0.391 e. The number of nitrogens with one attached hydrogen (secondary N) is 1. The van der Waals surface area contributed by atoms with E-state index in [1.165, 1.54) is 20.8 Å². The van der Waals surface area contributed by atoms with Crippen molar-refractivity contribution >= 4 is 15.7 Å². The van der Waals surface area contributed by atoms with E-state index in [-0.39, 0.29) is 0 Å². The number of rotatable bonds is 5. The van der Waals surface area contributed by atoms with E-state index in [4.69, 9.17) is 0 Å². The molecule has 0 saturated heterocycles. The molecule has 1 atom stereocenters. The summed E-state index contributed by atoms with van der Waals surface area (Å²) in [5, 5.41) is 19.9. The van der Waals surface area contributed by atoms with Crippen molar-refractivity contribution in [2.45, 2.75) is 37.3 Å². The molecule has 1 rings (SSSR count). The molecule has 0 spiro atoms. The van der Waals surface area contributed by atoms with Crippen molar-refractivity contribution in [1.29, 1.82) is 0 Å². The molecule has 1 aromatic rings. The monoisotopic (exact) mass is 306 g/mol. The lowest BCUT2D eigenvalue weighted by Crippen LogP contribution is -2.50. The van der Waals surface area contributed by atoms with E-state index in [2.05, 4.69) is 4.72 Å². The van der Waals surface area contributed by atoms with Gasteiger partial charge in [0.2, 0.25) is 15.8 Å². The number of sulfonamides is 1. The quantitative estimate of drug-likeness (QED) is 0.627. The Morgan fingerprint density at radius 2 is 2.00 bits per heavy atom. The Morgan fingerprint density at radius 1 is 1.45 bits per heavy atom. The Labute approximate surface area is 115 Å². The van der Waals surface area contributed by atoms with Crippen LogP contribution in [0.5, 0.6) is 0 Å². The maximum absolute atomic E-state index is 13.4. The molecule has 0 saturated carbocycles. The van der Waals surface area contributed by atoms with E-state index >= 15 is 0 Å². The summed E-state index contributed by atoms with van der Waals surface area (Å²) in [5.41, 5.74) is -1.98. The van der Waals surface area contributed by atoms with Crippen molar-refractivity contribution in [3.63, 3.8) is 0 Å². The zero-order valence-corrected chi connectivity index (χ0v) is 11.9. The van der Waals surface area contributed by atoms with Crippen LogP contribution in [0, 0.1) is 15.9 Å². The number of halogens is 1. The topological polar surface area (TPSA) is 110 Å². The van der Waals surface area contributed by atoms with Crippen molar-refractivity contribution in [3.05, 3.63) is 34.1 Å². The van der Waals surface area contributed by atoms with Crippen molar-refractivity contribution in [2.24, 2.45) is 0 Å². The van der Waals surface area contributed by atoms with E-state index in [0.29, 0.717) is 6.07 Å². The summed E-state index contributed by atoms with van der Waals surface area (Å²) in [6.45, 7) is 4.31. The highest BCUT2D eigenvalue weighted by molar-refractivity contribution is 7.89. The fraction of sp³-hybridized carbons (Fsp3) is 0.455. The molecule has 0 radical (unpaired) electrons. The third-order valence-electron chi connectivity index (χ3n) is 2.87. The van der Waals surface area contributed by atoms with Crippen molar-refractivity contribution in [2.75, 3.05) is 0 Å². The first-order chi connectivity index (χ1) is 8.97. The predicted molar refractivity (Wildman–Crippen MR) is 69.1 cm³/mol. The van der Waals surface area contributed by atoms with Crippen LogP contribution in [0.4, 0.5) is 10.1 Å². The van der Waals surface area contributed by atoms with Crippen LogP contribution >= 0.6 is 0 Å². The Balaban J connectivity index is 3.18. The van der Waals surface area contributed by atoms with Crippen LogP contribution in [-0.4, -0.2) is 30.1 Å². The second kappa shape index (κ2) is 5.43. The molecule has 0 aromatic heterocycles. The molecule has 1 unspecified atom stereocenters. The summed E-state index contributed by atoms with van der Waals surface area (Å²) >= 11 is 0. The molecule has 0 aliphatic heterocycles. The average Bonchev–Trinajstić information content (AvgIpc) is 2.26. The normalized spacial score (nSPS) is 14.1. The molecule has 0 aliphatic rings. The third-order valence-corrected chi connectivity index (χ3v) is 4.54. The minimum absolute atomic E-state index is 0.450. The fourth-order valence-electron chi connectivity index (χ4n) is 1.29. The lowest BCUT2D eigenvalue weighted by atomic mass is 10.0. The highest BCUT2D eigenvalue weighted by Crippen LogP contribution is 2.22. The van der Waals surface area contributed by atoms with Gasteiger partial charge in [-0.25, -0.2) is 13.1 Å². The smallest absolute Gasteiger partial charge is 0.304 e. The third kappa shape index (κ3) is 3.50. The number of nitro benzene ring substituents is 1. The maximum atomic E-state index is 13.4. The first-order valence-electron chi connectivity index (χ1n) is 5.63. The number of hydrogen-bond acceptors (Lipinski definition) is 5.